The molecule has 0 unspecified atom stereocenters. The fraction of sp³-hybridized carbons (Fsp3) is 0.625. The van der Waals surface area contributed by atoms with E-state index in [4.69, 9.17) is 4.74 Å². The predicted octanol–water partition coefficient (Wildman–Crippen LogP) is 1.18. The van der Waals surface area contributed by atoms with Gasteiger partial charge in [-0.05, 0) is 37.9 Å². The zero-order valence-electron chi connectivity index (χ0n) is 13.0. The van der Waals surface area contributed by atoms with Crippen molar-refractivity contribution in [2.45, 2.75) is 18.9 Å². The third kappa shape index (κ3) is 2.56. The Kier molecular flexibility index (Phi) is 3.71. The van der Waals surface area contributed by atoms with Crippen molar-refractivity contribution >= 4 is 5.91 Å². The average molecular weight is 289 g/mol. The molecule has 1 atom stereocenters. The molecule has 2 fully saturated rings. The summed E-state index contributed by atoms with van der Waals surface area (Å²) in [4.78, 5) is 20.9. The van der Waals surface area contributed by atoms with Gasteiger partial charge in [-0.25, -0.2) is 0 Å². The largest absolute Gasteiger partial charge is 0.384 e. The number of carbonyl (C=O) groups excluding carboxylic acids is 1. The van der Waals surface area contributed by atoms with Crippen molar-refractivity contribution in [1.29, 1.82) is 0 Å². The van der Waals surface area contributed by atoms with E-state index in [1.165, 1.54) is 0 Å². The Bertz CT molecular complexity index is 523. The average Bonchev–Trinajstić information content (AvgIpc) is 2.74. The quantitative estimate of drug-likeness (QED) is 0.838. The number of hydrogen-bond acceptors (Lipinski definition) is 4. The predicted molar refractivity (Wildman–Crippen MR) is 80.2 cm³/mol. The molecule has 0 N–H and O–H groups in total. The van der Waals surface area contributed by atoms with Crippen LogP contribution in [0.15, 0.2) is 18.3 Å². The first-order valence-corrected chi connectivity index (χ1v) is 7.46. The molecule has 21 heavy (non-hydrogen) atoms. The molecule has 2 aliphatic rings. The van der Waals surface area contributed by atoms with E-state index in [1.807, 2.05) is 24.0 Å². The molecule has 2 aliphatic heterocycles. The molecule has 0 aliphatic carbocycles. The number of aryl methyl sites for hydroxylation is 1. The topological polar surface area (TPSA) is 45.7 Å². The first-order chi connectivity index (χ1) is 10.0. The Morgan fingerprint density at radius 1 is 1.48 bits per heavy atom. The van der Waals surface area contributed by atoms with Gasteiger partial charge in [0.05, 0.1) is 12.1 Å². The van der Waals surface area contributed by atoms with Gasteiger partial charge < -0.3 is 9.64 Å². The number of pyridine rings is 1. The highest BCUT2D eigenvalue weighted by molar-refractivity contribution is 5.93. The Hall–Kier alpha value is -1.46. The number of likely N-dealkylation sites (tertiary alicyclic amines) is 2. The van der Waals surface area contributed by atoms with Crippen molar-refractivity contribution in [3.8, 4) is 0 Å². The van der Waals surface area contributed by atoms with Gasteiger partial charge in [-0.2, -0.15) is 0 Å². The van der Waals surface area contributed by atoms with E-state index in [9.17, 15) is 4.79 Å². The lowest BCUT2D eigenvalue weighted by Crippen LogP contribution is -2.68. The number of hydrogen-bond donors (Lipinski definition) is 0. The van der Waals surface area contributed by atoms with Crippen LogP contribution in [0.2, 0.25) is 0 Å². The van der Waals surface area contributed by atoms with E-state index in [1.54, 1.807) is 13.3 Å². The molecule has 1 amide bonds. The summed E-state index contributed by atoms with van der Waals surface area (Å²) in [6, 6.07) is 3.75. The Labute approximate surface area is 125 Å². The fourth-order valence-electron chi connectivity index (χ4n) is 3.62. The normalized spacial score (nSPS) is 24.3. The molecule has 5 nitrogen and oxygen atoms in total. The fourth-order valence-corrected chi connectivity index (χ4v) is 3.62. The van der Waals surface area contributed by atoms with Crippen LogP contribution in [-0.4, -0.2) is 66.6 Å². The van der Waals surface area contributed by atoms with Crippen LogP contribution in [-0.2, 0) is 4.74 Å². The lowest BCUT2D eigenvalue weighted by molar-refractivity contribution is -0.00820. The first kappa shape index (κ1) is 14.5. The molecule has 0 aromatic carbocycles. The van der Waals surface area contributed by atoms with Crippen LogP contribution >= 0.6 is 0 Å². The molecular weight excluding hydrogens is 266 g/mol. The number of aromatic nitrogens is 1. The van der Waals surface area contributed by atoms with E-state index < -0.39 is 0 Å². The van der Waals surface area contributed by atoms with Crippen LogP contribution in [0.25, 0.3) is 0 Å². The molecule has 1 aromatic rings. The Morgan fingerprint density at radius 2 is 2.24 bits per heavy atom. The summed E-state index contributed by atoms with van der Waals surface area (Å²) < 4.78 is 5.27. The van der Waals surface area contributed by atoms with Crippen molar-refractivity contribution < 1.29 is 9.53 Å². The third-order valence-electron chi connectivity index (χ3n) is 4.80. The van der Waals surface area contributed by atoms with Crippen LogP contribution < -0.4 is 0 Å². The number of ether oxygens (including phenoxy) is 1. The SMILES string of the molecule is COC[C@H]1CN(C)C2(C1)CN(C(=O)c1ccc(C)cn1)C2. The molecule has 0 bridgehead atoms. The second kappa shape index (κ2) is 5.39. The van der Waals surface area contributed by atoms with Gasteiger partial charge in [0.25, 0.3) is 5.91 Å². The molecule has 0 saturated carbocycles. The molecule has 3 heterocycles. The number of amides is 1. The van der Waals surface area contributed by atoms with Crippen LogP contribution in [0.1, 0.15) is 22.5 Å². The smallest absolute Gasteiger partial charge is 0.272 e. The van der Waals surface area contributed by atoms with Crippen LogP contribution in [0, 0.1) is 12.8 Å². The van der Waals surface area contributed by atoms with Gasteiger partial charge in [0, 0.05) is 32.9 Å². The molecule has 2 saturated heterocycles. The number of methoxy groups -OCH3 is 1. The number of nitrogens with zero attached hydrogens (tertiary/aromatic N) is 3. The molecule has 1 spiro atoms. The monoisotopic (exact) mass is 289 g/mol. The standard InChI is InChI=1S/C16H23N3O2/c1-12-4-5-14(17-7-12)15(20)19-10-16(11-19)6-13(9-21-3)8-18(16)2/h4-5,7,13H,6,8-11H2,1-3H3/t13-/m1/s1. The lowest BCUT2D eigenvalue weighted by Gasteiger charge is -2.51. The molecular formula is C16H23N3O2. The maximum absolute atomic E-state index is 12.4. The second-order valence-electron chi connectivity index (χ2n) is 6.51. The van der Waals surface area contributed by atoms with Gasteiger partial charge in [0.15, 0.2) is 0 Å². The highest BCUT2D eigenvalue weighted by Gasteiger charge is 2.53. The van der Waals surface area contributed by atoms with Gasteiger partial charge >= 0.3 is 0 Å². The summed E-state index contributed by atoms with van der Waals surface area (Å²) in [5.41, 5.74) is 1.78. The first-order valence-electron chi connectivity index (χ1n) is 7.46. The highest BCUT2D eigenvalue weighted by atomic mass is 16.5. The van der Waals surface area contributed by atoms with E-state index >= 15 is 0 Å². The van der Waals surface area contributed by atoms with Gasteiger partial charge in [0.1, 0.15) is 5.69 Å². The van der Waals surface area contributed by atoms with Gasteiger partial charge in [-0.1, -0.05) is 6.07 Å². The van der Waals surface area contributed by atoms with Crippen molar-refractivity contribution in [2.24, 2.45) is 5.92 Å². The molecule has 1 aromatic heterocycles. The van der Waals surface area contributed by atoms with E-state index in [0.29, 0.717) is 11.6 Å². The maximum Gasteiger partial charge on any atom is 0.272 e. The molecule has 0 radical (unpaired) electrons. The Balaban J connectivity index is 1.62. The van der Waals surface area contributed by atoms with Crippen molar-refractivity contribution in [2.75, 3.05) is 40.4 Å². The van der Waals surface area contributed by atoms with E-state index in [-0.39, 0.29) is 11.4 Å². The summed E-state index contributed by atoms with van der Waals surface area (Å²) >= 11 is 0. The van der Waals surface area contributed by atoms with Gasteiger partial charge in [-0.3, -0.25) is 14.7 Å². The van der Waals surface area contributed by atoms with E-state index in [0.717, 1.165) is 38.2 Å². The van der Waals surface area contributed by atoms with Crippen molar-refractivity contribution in [3.05, 3.63) is 29.6 Å². The van der Waals surface area contributed by atoms with Crippen LogP contribution in [0.4, 0.5) is 0 Å². The number of likely N-dealkylation sites (N-methyl/N-ethyl adjacent to an activating group) is 1. The summed E-state index contributed by atoms with van der Waals surface area (Å²) in [6.45, 7) is 5.44. The van der Waals surface area contributed by atoms with Crippen LogP contribution in [0.5, 0.6) is 0 Å². The highest BCUT2D eigenvalue weighted by Crippen LogP contribution is 2.39. The van der Waals surface area contributed by atoms with Gasteiger partial charge in [-0.15, -0.1) is 0 Å². The second-order valence-corrected chi connectivity index (χ2v) is 6.51. The molecule has 114 valence electrons. The summed E-state index contributed by atoms with van der Waals surface area (Å²) in [5.74, 6) is 0.624. The molecule has 5 heteroatoms. The minimum Gasteiger partial charge on any atom is -0.384 e. The van der Waals surface area contributed by atoms with Gasteiger partial charge in [0.2, 0.25) is 0 Å². The summed E-state index contributed by atoms with van der Waals surface area (Å²) in [6.07, 6.45) is 2.86. The lowest BCUT2D eigenvalue weighted by atomic mass is 9.84. The zero-order chi connectivity index (χ0) is 15.0. The number of carbonyl (C=O) groups is 1. The van der Waals surface area contributed by atoms with Crippen LogP contribution in [0.3, 0.4) is 0 Å². The third-order valence-corrected chi connectivity index (χ3v) is 4.80. The number of rotatable bonds is 3. The Morgan fingerprint density at radius 3 is 2.86 bits per heavy atom. The summed E-state index contributed by atoms with van der Waals surface area (Å²) in [7, 11) is 3.91. The van der Waals surface area contributed by atoms with Crippen molar-refractivity contribution in [1.82, 2.24) is 14.8 Å². The maximum atomic E-state index is 12.4. The minimum atomic E-state index is 0.0456. The van der Waals surface area contributed by atoms with Crippen molar-refractivity contribution in [3.63, 3.8) is 0 Å². The summed E-state index contributed by atoms with van der Waals surface area (Å²) in [5, 5.41) is 0. The minimum absolute atomic E-state index is 0.0456. The van der Waals surface area contributed by atoms with E-state index in [2.05, 4.69) is 16.9 Å². The molecule has 3 rings (SSSR count). The zero-order valence-corrected chi connectivity index (χ0v) is 13.0.